The Labute approximate surface area is 243 Å². The zero-order chi connectivity index (χ0) is 30.0. The number of ether oxygens (including phenoxy) is 4. The van der Waals surface area contributed by atoms with Gasteiger partial charge in [0.1, 0.15) is 30.2 Å². The van der Waals surface area contributed by atoms with Crippen LogP contribution >= 0.6 is 0 Å². The van der Waals surface area contributed by atoms with Crippen LogP contribution in [0.5, 0.6) is 5.75 Å². The van der Waals surface area contributed by atoms with Crippen LogP contribution in [0.25, 0.3) is 0 Å². The van der Waals surface area contributed by atoms with Gasteiger partial charge in [-0.1, -0.05) is 42.5 Å². The van der Waals surface area contributed by atoms with Crippen molar-refractivity contribution in [1.82, 2.24) is 10.2 Å². The molecule has 0 aromatic heterocycles. The molecule has 0 spiro atoms. The molecule has 9 nitrogen and oxygen atoms in total. The van der Waals surface area contributed by atoms with Crippen LogP contribution in [-0.2, 0) is 32.0 Å². The van der Waals surface area contributed by atoms with Crippen molar-refractivity contribution in [2.24, 2.45) is 11.8 Å². The number of esters is 1. The molecule has 1 fully saturated rings. The predicted molar refractivity (Wildman–Crippen MR) is 156 cm³/mol. The van der Waals surface area contributed by atoms with Crippen LogP contribution in [0, 0.1) is 11.8 Å². The van der Waals surface area contributed by atoms with Crippen LogP contribution in [0.3, 0.4) is 0 Å². The SMILES string of the molecule is CC(C)(C)OC(=O)[C@H](Cc1cccc(OCCNC(=O)OCc2ccccc2)c1)[C@@H]1CCN(C(=O)OC(C)(C)C)C1. The molecule has 1 aliphatic heterocycles. The Hall–Kier alpha value is -3.75. The fourth-order valence-corrected chi connectivity index (χ4v) is 4.54. The molecular weight excluding hydrogens is 524 g/mol. The summed E-state index contributed by atoms with van der Waals surface area (Å²) in [6.45, 7) is 12.8. The van der Waals surface area contributed by atoms with Gasteiger partial charge in [0.25, 0.3) is 0 Å². The summed E-state index contributed by atoms with van der Waals surface area (Å²) in [5, 5.41) is 2.68. The third kappa shape index (κ3) is 11.3. The third-order valence-electron chi connectivity index (χ3n) is 6.36. The molecule has 2 atom stereocenters. The van der Waals surface area contributed by atoms with Gasteiger partial charge in [-0.3, -0.25) is 4.79 Å². The number of benzene rings is 2. The van der Waals surface area contributed by atoms with Crippen LogP contribution in [0.15, 0.2) is 54.6 Å². The molecule has 224 valence electrons. The number of carbonyl (C=O) groups excluding carboxylic acids is 3. The Morgan fingerprint density at radius 2 is 1.61 bits per heavy atom. The zero-order valence-electron chi connectivity index (χ0n) is 25.1. The lowest BCUT2D eigenvalue weighted by molar-refractivity contribution is -0.162. The number of hydrogen-bond acceptors (Lipinski definition) is 7. The third-order valence-corrected chi connectivity index (χ3v) is 6.36. The highest BCUT2D eigenvalue weighted by molar-refractivity contribution is 5.74. The van der Waals surface area contributed by atoms with Gasteiger partial charge < -0.3 is 29.2 Å². The van der Waals surface area contributed by atoms with Crippen molar-refractivity contribution in [3.8, 4) is 5.75 Å². The van der Waals surface area contributed by atoms with Crippen molar-refractivity contribution >= 4 is 18.2 Å². The number of nitrogens with zero attached hydrogens (tertiary/aromatic N) is 1. The Morgan fingerprint density at radius 1 is 0.927 bits per heavy atom. The molecule has 9 heteroatoms. The van der Waals surface area contributed by atoms with Crippen molar-refractivity contribution in [2.45, 2.75) is 72.2 Å². The minimum atomic E-state index is -0.626. The van der Waals surface area contributed by atoms with E-state index in [1.54, 1.807) is 4.90 Å². The van der Waals surface area contributed by atoms with Gasteiger partial charge in [-0.15, -0.1) is 0 Å². The Bertz CT molecular complexity index is 1150. The Balaban J connectivity index is 1.56. The first kappa shape index (κ1) is 31.8. The van der Waals surface area contributed by atoms with Gasteiger partial charge in [0.2, 0.25) is 0 Å². The number of rotatable bonds is 10. The van der Waals surface area contributed by atoms with E-state index in [4.69, 9.17) is 18.9 Å². The van der Waals surface area contributed by atoms with Crippen LogP contribution < -0.4 is 10.1 Å². The lowest BCUT2D eigenvalue weighted by Crippen LogP contribution is -2.38. The maximum atomic E-state index is 13.3. The zero-order valence-corrected chi connectivity index (χ0v) is 25.1. The van der Waals surface area contributed by atoms with Crippen molar-refractivity contribution in [1.29, 1.82) is 0 Å². The summed E-state index contributed by atoms with van der Waals surface area (Å²) in [6.07, 6.45) is 0.258. The minimum Gasteiger partial charge on any atom is -0.492 e. The second-order valence-corrected chi connectivity index (χ2v) is 12.3. The molecular formula is C32H44N2O7. The van der Waals surface area contributed by atoms with Gasteiger partial charge in [0.05, 0.1) is 12.5 Å². The maximum absolute atomic E-state index is 13.3. The molecule has 0 saturated carbocycles. The van der Waals surface area contributed by atoms with E-state index in [1.165, 1.54) is 0 Å². The summed E-state index contributed by atoms with van der Waals surface area (Å²) in [5.74, 6) is -0.143. The van der Waals surface area contributed by atoms with Crippen LogP contribution in [0.1, 0.15) is 59.1 Å². The number of likely N-dealkylation sites (tertiary alicyclic amines) is 1. The highest BCUT2D eigenvalue weighted by Crippen LogP contribution is 2.31. The Kier molecular flexibility index (Phi) is 11.0. The second-order valence-electron chi connectivity index (χ2n) is 12.3. The van der Waals surface area contributed by atoms with Gasteiger partial charge in [0.15, 0.2) is 0 Å². The van der Waals surface area contributed by atoms with Crippen LogP contribution in [-0.4, -0.2) is 60.5 Å². The van der Waals surface area contributed by atoms with Crippen molar-refractivity contribution in [3.63, 3.8) is 0 Å². The van der Waals surface area contributed by atoms with Crippen LogP contribution in [0.4, 0.5) is 9.59 Å². The van der Waals surface area contributed by atoms with E-state index in [2.05, 4.69) is 5.32 Å². The number of alkyl carbamates (subject to hydrolysis) is 1. The van der Waals surface area contributed by atoms with Gasteiger partial charge in [-0.2, -0.15) is 0 Å². The van der Waals surface area contributed by atoms with E-state index in [0.29, 0.717) is 31.7 Å². The Morgan fingerprint density at radius 3 is 2.29 bits per heavy atom. The molecule has 1 heterocycles. The smallest absolute Gasteiger partial charge is 0.410 e. The van der Waals surface area contributed by atoms with Crippen molar-refractivity contribution in [3.05, 3.63) is 65.7 Å². The second kappa shape index (κ2) is 14.2. The summed E-state index contributed by atoms with van der Waals surface area (Å²) in [5.41, 5.74) is 0.622. The summed E-state index contributed by atoms with van der Waals surface area (Å²) >= 11 is 0. The number of nitrogens with one attached hydrogen (secondary N) is 1. The molecule has 2 amide bonds. The van der Waals surface area contributed by atoms with E-state index < -0.39 is 23.2 Å². The standard InChI is InChI=1S/C32H44N2O7/c1-31(2,3)40-28(35)27(25-15-17-34(21-25)30(37)41-32(4,5)6)20-24-13-10-14-26(19-24)38-18-16-33-29(36)39-22-23-11-8-7-9-12-23/h7-14,19,25,27H,15-18,20-22H2,1-6H3,(H,33,36)/t25-,27-/m1/s1. The summed E-state index contributed by atoms with van der Waals surface area (Å²) in [7, 11) is 0. The summed E-state index contributed by atoms with van der Waals surface area (Å²) in [6, 6.07) is 17.0. The molecule has 1 aliphatic rings. The molecule has 2 aromatic rings. The average molecular weight is 569 g/mol. The van der Waals surface area contributed by atoms with E-state index in [0.717, 1.165) is 11.1 Å². The molecule has 0 bridgehead atoms. The topological polar surface area (TPSA) is 103 Å². The van der Waals surface area contributed by atoms with Gasteiger partial charge >= 0.3 is 18.2 Å². The first-order valence-corrected chi connectivity index (χ1v) is 14.2. The fraction of sp³-hybridized carbons (Fsp3) is 0.531. The van der Waals surface area contributed by atoms with E-state index in [1.807, 2.05) is 96.1 Å². The quantitative estimate of drug-likeness (QED) is 0.221. The number of carbonyl (C=O) groups is 3. The molecule has 2 aromatic carbocycles. The molecule has 41 heavy (non-hydrogen) atoms. The molecule has 0 radical (unpaired) electrons. The van der Waals surface area contributed by atoms with Crippen molar-refractivity contribution in [2.75, 3.05) is 26.2 Å². The highest BCUT2D eigenvalue weighted by atomic mass is 16.6. The highest BCUT2D eigenvalue weighted by Gasteiger charge is 2.39. The minimum absolute atomic E-state index is 0.0620. The largest absolute Gasteiger partial charge is 0.492 e. The average Bonchev–Trinajstić information content (AvgIpc) is 3.38. The van der Waals surface area contributed by atoms with Gasteiger partial charge in [-0.25, -0.2) is 9.59 Å². The summed E-state index contributed by atoms with van der Waals surface area (Å²) in [4.78, 5) is 39.6. The van der Waals surface area contributed by atoms with Gasteiger partial charge in [-0.05, 0) is 83.6 Å². The monoisotopic (exact) mass is 568 g/mol. The van der Waals surface area contributed by atoms with E-state index in [9.17, 15) is 14.4 Å². The van der Waals surface area contributed by atoms with Gasteiger partial charge in [0, 0.05) is 13.1 Å². The predicted octanol–water partition coefficient (Wildman–Crippen LogP) is 5.75. The molecule has 0 unspecified atom stereocenters. The molecule has 1 saturated heterocycles. The first-order chi connectivity index (χ1) is 19.3. The summed E-state index contributed by atoms with van der Waals surface area (Å²) < 4.78 is 22.4. The lowest BCUT2D eigenvalue weighted by Gasteiger charge is -2.28. The molecule has 1 N–H and O–H groups in total. The van der Waals surface area contributed by atoms with E-state index >= 15 is 0 Å². The van der Waals surface area contributed by atoms with Crippen molar-refractivity contribution < 1.29 is 33.3 Å². The molecule has 3 rings (SSSR count). The first-order valence-electron chi connectivity index (χ1n) is 14.2. The fourth-order valence-electron chi connectivity index (χ4n) is 4.54. The lowest BCUT2D eigenvalue weighted by atomic mass is 9.86. The number of hydrogen-bond donors (Lipinski definition) is 1. The maximum Gasteiger partial charge on any atom is 0.410 e. The normalized spacial score (nSPS) is 16.0. The van der Waals surface area contributed by atoms with E-state index in [-0.39, 0.29) is 37.7 Å². The number of amides is 2. The molecule has 0 aliphatic carbocycles. The van der Waals surface area contributed by atoms with Crippen LogP contribution in [0.2, 0.25) is 0 Å².